The molecule has 74 valence electrons. The lowest BCUT2D eigenvalue weighted by Crippen LogP contribution is -2.46. The van der Waals surface area contributed by atoms with Crippen molar-refractivity contribution in [2.75, 3.05) is 0 Å². The summed E-state index contributed by atoms with van der Waals surface area (Å²) in [6.45, 7) is 4.00. The van der Waals surface area contributed by atoms with Crippen molar-refractivity contribution in [3.05, 3.63) is 12.2 Å². The molecule has 0 saturated heterocycles. The highest BCUT2D eigenvalue weighted by Crippen LogP contribution is 2.62. The fraction of sp³-hybridized carbons (Fsp3) is 0.769. The molecule has 0 N–H and O–H groups in total. The molecule has 0 amide bonds. The van der Waals surface area contributed by atoms with Crippen molar-refractivity contribution >= 4 is 0 Å². The molecule has 4 aliphatic rings. The first-order chi connectivity index (χ1) is 6.72. The van der Waals surface area contributed by atoms with Crippen molar-refractivity contribution in [3.8, 4) is 6.07 Å². The first-order valence-corrected chi connectivity index (χ1v) is 5.81. The summed E-state index contributed by atoms with van der Waals surface area (Å²) in [7, 11) is 0. The maximum Gasteiger partial charge on any atom is 0.0946 e. The van der Waals surface area contributed by atoms with E-state index in [9.17, 15) is 0 Å². The molecule has 4 rings (SSSR count). The van der Waals surface area contributed by atoms with Gasteiger partial charge in [0.2, 0.25) is 0 Å². The van der Waals surface area contributed by atoms with Crippen molar-refractivity contribution < 1.29 is 0 Å². The van der Waals surface area contributed by atoms with E-state index in [1.165, 1.54) is 38.5 Å². The van der Waals surface area contributed by atoms with Crippen LogP contribution in [0.4, 0.5) is 0 Å². The summed E-state index contributed by atoms with van der Waals surface area (Å²) in [6, 6.07) is 2.33. The first kappa shape index (κ1) is 8.53. The second kappa shape index (κ2) is 2.63. The zero-order valence-electron chi connectivity index (χ0n) is 8.63. The molecule has 0 atom stereocenters. The van der Waals surface area contributed by atoms with E-state index in [0.717, 1.165) is 23.3 Å². The number of rotatable bonds is 1. The molecule has 0 radical (unpaired) electrons. The monoisotopic (exact) mass is 187 g/mol. The molecule has 1 heteroatoms. The lowest BCUT2D eigenvalue weighted by molar-refractivity contribution is -0.0278. The summed E-state index contributed by atoms with van der Waals surface area (Å²) in [5, 5.41) is 9.05. The van der Waals surface area contributed by atoms with Crippen molar-refractivity contribution in [2.45, 2.75) is 38.5 Å². The second-order valence-electron chi connectivity index (χ2n) is 5.79. The van der Waals surface area contributed by atoms with Crippen LogP contribution < -0.4 is 0 Å². The Balaban J connectivity index is 1.95. The molecule has 4 aliphatic carbocycles. The maximum absolute atomic E-state index is 9.05. The molecular weight excluding hydrogens is 170 g/mol. The summed E-state index contributed by atoms with van der Waals surface area (Å²) in [5.41, 5.74) is 1.14. The van der Waals surface area contributed by atoms with E-state index in [1.54, 1.807) is 0 Å². The van der Waals surface area contributed by atoms with E-state index in [-0.39, 0.29) is 5.41 Å². The lowest BCUT2D eigenvalue weighted by Gasteiger charge is -2.56. The second-order valence-corrected chi connectivity index (χ2v) is 5.79. The quantitative estimate of drug-likeness (QED) is 0.578. The average Bonchev–Trinajstić information content (AvgIpc) is 2.14. The van der Waals surface area contributed by atoms with Gasteiger partial charge in [-0.3, -0.25) is 0 Å². The van der Waals surface area contributed by atoms with Gasteiger partial charge in [-0.1, -0.05) is 6.58 Å². The van der Waals surface area contributed by atoms with Crippen LogP contribution in [0.5, 0.6) is 0 Å². The Labute approximate surface area is 85.8 Å². The highest BCUT2D eigenvalue weighted by Gasteiger charge is 2.52. The topological polar surface area (TPSA) is 23.8 Å². The summed E-state index contributed by atoms with van der Waals surface area (Å²) in [4.78, 5) is 0. The van der Waals surface area contributed by atoms with Crippen LogP contribution in [-0.2, 0) is 0 Å². The van der Waals surface area contributed by atoms with Crippen molar-refractivity contribution in [2.24, 2.45) is 23.2 Å². The number of nitrogens with zero attached hydrogens (tertiary/aromatic N) is 1. The van der Waals surface area contributed by atoms with Gasteiger partial charge in [0.15, 0.2) is 0 Å². The number of allylic oxidation sites excluding steroid dienone is 1. The number of hydrogen-bond donors (Lipinski definition) is 0. The van der Waals surface area contributed by atoms with Crippen molar-refractivity contribution in [1.29, 1.82) is 5.26 Å². The van der Waals surface area contributed by atoms with Crippen LogP contribution in [-0.4, -0.2) is 0 Å². The molecule has 0 aromatic rings. The predicted octanol–water partition coefficient (Wildman–Crippen LogP) is 3.28. The molecule has 0 spiro atoms. The fourth-order valence-corrected chi connectivity index (χ4v) is 4.60. The number of hydrogen-bond acceptors (Lipinski definition) is 1. The van der Waals surface area contributed by atoms with Gasteiger partial charge in [0, 0.05) is 11.0 Å². The molecule has 4 saturated carbocycles. The van der Waals surface area contributed by atoms with Gasteiger partial charge in [-0.05, 0) is 56.3 Å². The van der Waals surface area contributed by atoms with Gasteiger partial charge in [0.05, 0.1) is 6.07 Å². The summed E-state index contributed by atoms with van der Waals surface area (Å²) >= 11 is 0. The van der Waals surface area contributed by atoms with E-state index in [1.807, 2.05) is 0 Å². The smallest absolute Gasteiger partial charge is 0.0946 e. The van der Waals surface area contributed by atoms with Gasteiger partial charge < -0.3 is 0 Å². The number of nitriles is 1. The van der Waals surface area contributed by atoms with Crippen LogP contribution in [0, 0.1) is 34.5 Å². The maximum atomic E-state index is 9.05. The Hall–Kier alpha value is -0.770. The molecule has 0 unspecified atom stereocenters. The molecule has 0 heterocycles. The van der Waals surface area contributed by atoms with Crippen LogP contribution in [0.2, 0.25) is 0 Å². The van der Waals surface area contributed by atoms with Gasteiger partial charge in [-0.15, -0.1) is 0 Å². The minimum Gasteiger partial charge on any atom is -0.193 e. The molecule has 4 bridgehead atoms. The van der Waals surface area contributed by atoms with E-state index in [0.29, 0.717) is 0 Å². The van der Waals surface area contributed by atoms with E-state index in [2.05, 4.69) is 12.6 Å². The Morgan fingerprint density at radius 2 is 1.50 bits per heavy atom. The molecule has 0 aromatic heterocycles. The van der Waals surface area contributed by atoms with Gasteiger partial charge in [-0.25, -0.2) is 0 Å². The zero-order valence-corrected chi connectivity index (χ0v) is 8.63. The Morgan fingerprint density at radius 3 is 1.86 bits per heavy atom. The highest BCUT2D eigenvalue weighted by atomic mass is 14.6. The lowest BCUT2D eigenvalue weighted by atomic mass is 9.48. The third-order valence-corrected chi connectivity index (χ3v) is 4.81. The predicted molar refractivity (Wildman–Crippen MR) is 55.4 cm³/mol. The fourth-order valence-electron chi connectivity index (χ4n) is 4.60. The summed E-state index contributed by atoms with van der Waals surface area (Å²) in [5.74, 6) is 2.77. The third kappa shape index (κ3) is 1.00. The van der Waals surface area contributed by atoms with Crippen molar-refractivity contribution in [3.63, 3.8) is 0 Å². The van der Waals surface area contributed by atoms with Crippen LogP contribution in [0.15, 0.2) is 12.2 Å². The minimum absolute atomic E-state index is 0.253. The molecule has 0 aliphatic heterocycles. The van der Waals surface area contributed by atoms with Gasteiger partial charge in [0.25, 0.3) is 0 Å². The molecule has 4 fully saturated rings. The normalized spacial score (nSPS) is 48.9. The SMILES string of the molecule is C=C(C#N)C12CC3CC(CC(C3)C1)C2. The van der Waals surface area contributed by atoms with Gasteiger partial charge >= 0.3 is 0 Å². The molecule has 14 heavy (non-hydrogen) atoms. The molecule has 0 aromatic carbocycles. The summed E-state index contributed by atoms with van der Waals surface area (Å²) < 4.78 is 0. The summed E-state index contributed by atoms with van der Waals surface area (Å²) in [6.07, 6.45) is 8.13. The van der Waals surface area contributed by atoms with Crippen molar-refractivity contribution in [1.82, 2.24) is 0 Å². The molecule has 1 nitrogen and oxygen atoms in total. The Bertz CT molecular complexity index is 285. The van der Waals surface area contributed by atoms with Crippen LogP contribution in [0.25, 0.3) is 0 Å². The molecular formula is C13H17N. The van der Waals surface area contributed by atoms with Crippen LogP contribution in [0.3, 0.4) is 0 Å². The minimum atomic E-state index is 0.253. The highest BCUT2D eigenvalue weighted by molar-refractivity contribution is 5.29. The van der Waals surface area contributed by atoms with E-state index >= 15 is 0 Å². The Kier molecular flexibility index (Phi) is 1.60. The van der Waals surface area contributed by atoms with Crippen LogP contribution in [0.1, 0.15) is 38.5 Å². The zero-order chi connectivity index (χ0) is 9.76. The average molecular weight is 187 g/mol. The standard InChI is InChI=1S/C13H17N/c1-9(8-14)13-5-10-2-11(6-13)4-12(3-10)7-13/h10-12H,1-7H2. The van der Waals surface area contributed by atoms with E-state index < -0.39 is 0 Å². The largest absolute Gasteiger partial charge is 0.193 e. The van der Waals surface area contributed by atoms with Gasteiger partial charge in [-0.2, -0.15) is 5.26 Å². The van der Waals surface area contributed by atoms with E-state index in [4.69, 9.17) is 5.26 Å². The third-order valence-electron chi connectivity index (χ3n) is 4.81. The van der Waals surface area contributed by atoms with Gasteiger partial charge in [0.1, 0.15) is 0 Å². The first-order valence-electron chi connectivity index (χ1n) is 5.81. The Morgan fingerprint density at radius 1 is 1.07 bits per heavy atom. The van der Waals surface area contributed by atoms with Crippen LogP contribution >= 0.6 is 0 Å².